The van der Waals surface area contributed by atoms with Crippen LogP contribution in [-0.4, -0.2) is 39.6 Å². The number of anilines is 1. The van der Waals surface area contributed by atoms with Crippen molar-refractivity contribution in [3.63, 3.8) is 0 Å². The van der Waals surface area contributed by atoms with Crippen molar-refractivity contribution in [3.05, 3.63) is 60.7 Å². The molecule has 1 N–H and O–H groups in total. The van der Waals surface area contributed by atoms with Gasteiger partial charge in [-0.3, -0.25) is 4.90 Å². The fraction of sp³-hybridized carbons (Fsp3) is 0.250. The zero-order valence-corrected chi connectivity index (χ0v) is 15.9. The number of hydrogen-bond acceptors (Lipinski definition) is 6. The Morgan fingerprint density at radius 1 is 1.00 bits per heavy atom. The standard InChI is InChI=1S/C20H22N6O2/c1-3-9-26(20(27)25-10-15-7-5-4-6-8-15)18-21-11-16(12-22-18)17-13-23-19(28-2)24-14-17/h4-8,11-14H,3,9-10H2,1-2H3,(H,25,27). The maximum absolute atomic E-state index is 12.6. The van der Waals surface area contributed by atoms with Crippen molar-refractivity contribution in [3.8, 4) is 17.1 Å². The van der Waals surface area contributed by atoms with Gasteiger partial charge in [0, 0.05) is 49.0 Å². The van der Waals surface area contributed by atoms with E-state index in [1.54, 1.807) is 24.8 Å². The summed E-state index contributed by atoms with van der Waals surface area (Å²) in [7, 11) is 1.51. The number of hydrogen-bond donors (Lipinski definition) is 1. The van der Waals surface area contributed by atoms with Gasteiger partial charge in [0.05, 0.1) is 7.11 Å². The van der Waals surface area contributed by atoms with Gasteiger partial charge >= 0.3 is 12.0 Å². The Hall–Kier alpha value is -3.55. The van der Waals surface area contributed by atoms with Gasteiger partial charge in [-0.15, -0.1) is 0 Å². The molecule has 8 heteroatoms. The van der Waals surface area contributed by atoms with E-state index in [4.69, 9.17) is 4.74 Å². The third-order valence-electron chi connectivity index (χ3n) is 4.00. The largest absolute Gasteiger partial charge is 0.467 e. The molecule has 0 saturated carbocycles. The van der Waals surface area contributed by atoms with E-state index in [9.17, 15) is 4.79 Å². The molecule has 2 heterocycles. The number of carbonyl (C=O) groups is 1. The number of methoxy groups -OCH3 is 1. The topological polar surface area (TPSA) is 93.1 Å². The molecule has 3 aromatic rings. The summed E-state index contributed by atoms with van der Waals surface area (Å²) in [5, 5.41) is 2.91. The van der Waals surface area contributed by atoms with Crippen LogP contribution in [0.2, 0.25) is 0 Å². The lowest BCUT2D eigenvalue weighted by Crippen LogP contribution is -2.41. The number of aromatic nitrogens is 4. The smallest absolute Gasteiger partial charge is 0.324 e. The number of nitrogens with one attached hydrogen (secondary N) is 1. The minimum absolute atomic E-state index is 0.230. The third kappa shape index (κ3) is 4.79. The molecule has 0 unspecified atom stereocenters. The van der Waals surface area contributed by atoms with E-state index >= 15 is 0 Å². The first-order valence-corrected chi connectivity index (χ1v) is 8.99. The highest BCUT2D eigenvalue weighted by Crippen LogP contribution is 2.18. The van der Waals surface area contributed by atoms with E-state index in [0.717, 1.165) is 23.1 Å². The first kappa shape index (κ1) is 19.2. The highest BCUT2D eigenvalue weighted by Gasteiger charge is 2.17. The van der Waals surface area contributed by atoms with Crippen LogP contribution < -0.4 is 15.0 Å². The van der Waals surface area contributed by atoms with Crippen molar-refractivity contribution < 1.29 is 9.53 Å². The number of ether oxygens (including phenoxy) is 1. The quantitative estimate of drug-likeness (QED) is 0.679. The van der Waals surface area contributed by atoms with Crippen molar-refractivity contribution in [1.82, 2.24) is 25.3 Å². The maximum atomic E-state index is 12.6. The normalized spacial score (nSPS) is 10.4. The maximum Gasteiger partial charge on any atom is 0.324 e. The monoisotopic (exact) mass is 378 g/mol. The molecule has 0 aliphatic rings. The fourth-order valence-electron chi connectivity index (χ4n) is 2.57. The Kier molecular flexibility index (Phi) is 6.46. The molecule has 0 aliphatic heterocycles. The van der Waals surface area contributed by atoms with Gasteiger partial charge in [-0.2, -0.15) is 0 Å². The van der Waals surface area contributed by atoms with Crippen LogP contribution in [0.4, 0.5) is 10.7 Å². The zero-order chi connectivity index (χ0) is 19.8. The molecule has 3 rings (SSSR count). The van der Waals surface area contributed by atoms with E-state index in [0.29, 0.717) is 25.0 Å². The molecule has 0 radical (unpaired) electrons. The van der Waals surface area contributed by atoms with E-state index in [2.05, 4.69) is 25.3 Å². The van der Waals surface area contributed by atoms with Crippen molar-refractivity contribution in [1.29, 1.82) is 0 Å². The summed E-state index contributed by atoms with van der Waals surface area (Å²) < 4.78 is 4.96. The molecule has 2 amide bonds. The van der Waals surface area contributed by atoms with E-state index in [1.807, 2.05) is 37.3 Å². The second-order valence-electron chi connectivity index (χ2n) is 6.03. The molecule has 0 aliphatic carbocycles. The Labute approximate surface area is 163 Å². The lowest BCUT2D eigenvalue weighted by atomic mass is 10.2. The molecule has 0 bridgehead atoms. The average Bonchev–Trinajstić information content (AvgIpc) is 2.77. The summed E-state index contributed by atoms with van der Waals surface area (Å²) in [4.78, 5) is 31.0. The molecular weight excluding hydrogens is 356 g/mol. The molecule has 1 aromatic carbocycles. The van der Waals surface area contributed by atoms with Gasteiger partial charge in [-0.05, 0) is 12.0 Å². The van der Waals surface area contributed by atoms with Gasteiger partial charge in [0.2, 0.25) is 5.95 Å². The predicted molar refractivity (Wildman–Crippen MR) is 106 cm³/mol. The first-order chi connectivity index (χ1) is 13.7. The van der Waals surface area contributed by atoms with Crippen LogP contribution in [0, 0.1) is 0 Å². The van der Waals surface area contributed by atoms with Crippen molar-refractivity contribution in [2.75, 3.05) is 18.6 Å². The summed E-state index contributed by atoms with van der Waals surface area (Å²) in [6.45, 7) is 2.97. The molecule has 0 saturated heterocycles. The first-order valence-electron chi connectivity index (χ1n) is 8.99. The van der Waals surface area contributed by atoms with Gasteiger partial charge in [0.25, 0.3) is 0 Å². The lowest BCUT2D eigenvalue weighted by Gasteiger charge is -2.20. The van der Waals surface area contributed by atoms with Crippen LogP contribution in [0.5, 0.6) is 6.01 Å². The number of urea groups is 1. The van der Waals surface area contributed by atoms with E-state index in [-0.39, 0.29) is 6.03 Å². The van der Waals surface area contributed by atoms with Crippen LogP contribution in [0.25, 0.3) is 11.1 Å². The molecule has 144 valence electrons. The molecule has 2 aromatic heterocycles. The zero-order valence-electron chi connectivity index (χ0n) is 15.9. The summed E-state index contributed by atoms with van der Waals surface area (Å²) in [5.74, 6) is 0.352. The van der Waals surface area contributed by atoms with Crippen LogP contribution in [0.1, 0.15) is 18.9 Å². The second kappa shape index (κ2) is 9.40. The number of benzene rings is 1. The van der Waals surface area contributed by atoms with Crippen molar-refractivity contribution >= 4 is 12.0 Å². The number of amides is 2. The number of nitrogens with zero attached hydrogens (tertiary/aromatic N) is 5. The third-order valence-corrected chi connectivity index (χ3v) is 4.00. The Morgan fingerprint density at radius 2 is 1.61 bits per heavy atom. The Bertz CT molecular complexity index is 885. The van der Waals surface area contributed by atoms with Gasteiger partial charge in [-0.25, -0.2) is 24.7 Å². The molecule has 0 fully saturated rings. The molecule has 0 atom stereocenters. The molecule has 28 heavy (non-hydrogen) atoms. The summed E-state index contributed by atoms with van der Waals surface area (Å²) in [6.07, 6.45) is 7.37. The summed E-state index contributed by atoms with van der Waals surface area (Å²) in [6, 6.07) is 9.82. The Balaban J connectivity index is 1.71. The van der Waals surface area contributed by atoms with Crippen LogP contribution in [-0.2, 0) is 6.54 Å². The van der Waals surface area contributed by atoms with E-state index < -0.39 is 0 Å². The average molecular weight is 378 g/mol. The highest BCUT2D eigenvalue weighted by atomic mass is 16.5. The second-order valence-corrected chi connectivity index (χ2v) is 6.03. The summed E-state index contributed by atoms with van der Waals surface area (Å²) in [5.41, 5.74) is 2.55. The molecule has 8 nitrogen and oxygen atoms in total. The fourth-order valence-corrected chi connectivity index (χ4v) is 2.57. The van der Waals surface area contributed by atoms with Gasteiger partial charge in [-0.1, -0.05) is 37.3 Å². The van der Waals surface area contributed by atoms with E-state index in [1.165, 1.54) is 12.0 Å². The molecule has 0 spiro atoms. The van der Waals surface area contributed by atoms with Gasteiger partial charge in [0.15, 0.2) is 0 Å². The van der Waals surface area contributed by atoms with Crippen molar-refractivity contribution in [2.45, 2.75) is 19.9 Å². The molecular formula is C20H22N6O2. The van der Waals surface area contributed by atoms with Crippen molar-refractivity contribution in [2.24, 2.45) is 0 Å². The van der Waals surface area contributed by atoms with Crippen LogP contribution in [0.3, 0.4) is 0 Å². The highest BCUT2D eigenvalue weighted by molar-refractivity contribution is 5.90. The number of carbonyl (C=O) groups excluding carboxylic acids is 1. The Morgan fingerprint density at radius 3 is 2.18 bits per heavy atom. The summed E-state index contributed by atoms with van der Waals surface area (Å²) >= 11 is 0. The van der Waals surface area contributed by atoms with Gasteiger partial charge in [0.1, 0.15) is 0 Å². The minimum atomic E-state index is -0.230. The minimum Gasteiger partial charge on any atom is -0.467 e. The predicted octanol–water partition coefficient (Wildman–Crippen LogP) is 3.07. The van der Waals surface area contributed by atoms with Gasteiger partial charge < -0.3 is 10.1 Å². The SMILES string of the molecule is CCCN(C(=O)NCc1ccccc1)c1ncc(-c2cnc(OC)nc2)cn1. The van der Waals surface area contributed by atoms with Crippen LogP contribution >= 0.6 is 0 Å². The lowest BCUT2D eigenvalue weighted by molar-refractivity contribution is 0.245. The van der Waals surface area contributed by atoms with Crippen LogP contribution in [0.15, 0.2) is 55.1 Å². The number of rotatable bonds is 7.